The molecule has 1 saturated carbocycles. The molecule has 1 rings (SSSR count). The molecule has 0 bridgehead atoms. The van der Waals surface area contributed by atoms with Gasteiger partial charge in [0.1, 0.15) is 18.1 Å². The van der Waals surface area contributed by atoms with Crippen molar-refractivity contribution in [1.29, 1.82) is 0 Å². The molecule has 1 aliphatic carbocycles. The summed E-state index contributed by atoms with van der Waals surface area (Å²) in [7, 11) is 0. The number of amides is 1. The van der Waals surface area contributed by atoms with Crippen molar-refractivity contribution in [3.05, 3.63) is 0 Å². The predicted molar refractivity (Wildman–Crippen MR) is 70.7 cm³/mol. The third-order valence-electron chi connectivity index (χ3n) is 3.23. The molecule has 1 fully saturated rings. The number of carbonyl (C=O) groups excluding carboxylic acids is 2. The monoisotopic (exact) mass is 273 g/mol. The van der Waals surface area contributed by atoms with Crippen LogP contribution >= 0.6 is 0 Å². The van der Waals surface area contributed by atoms with E-state index in [0.29, 0.717) is 25.2 Å². The van der Waals surface area contributed by atoms with Crippen molar-refractivity contribution in [2.75, 3.05) is 0 Å². The highest BCUT2D eigenvalue weighted by molar-refractivity contribution is 5.73. The third kappa shape index (κ3) is 6.55. The Hall–Kier alpha value is -1.13. The van der Waals surface area contributed by atoms with Crippen LogP contribution in [-0.4, -0.2) is 30.2 Å². The molecular weight excluding hydrogens is 249 g/mol. The fraction of sp³-hybridized carbons (Fsp3) is 0.857. The van der Waals surface area contributed by atoms with Crippen LogP contribution in [-0.2, 0) is 9.53 Å². The van der Waals surface area contributed by atoms with Crippen LogP contribution in [0.25, 0.3) is 0 Å². The van der Waals surface area contributed by atoms with Crippen LogP contribution in [0.15, 0.2) is 0 Å². The van der Waals surface area contributed by atoms with Crippen molar-refractivity contribution in [1.82, 2.24) is 5.32 Å². The molecule has 110 valence electrons. The Labute approximate surface area is 114 Å². The number of alkyl carbamates (subject to hydrolysis) is 1. The molecule has 0 heterocycles. The van der Waals surface area contributed by atoms with E-state index in [0.717, 1.165) is 19.1 Å². The first-order valence-electron chi connectivity index (χ1n) is 6.89. The highest BCUT2D eigenvalue weighted by Gasteiger charge is 2.25. The topological polar surface area (TPSA) is 55.4 Å². The Morgan fingerprint density at radius 1 is 1.37 bits per heavy atom. The zero-order valence-corrected chi connectivity index (χ0v) is 11.9. The molecule has 0 spiro atoms. The maximum Gasteiger partial charge on any atom is 0.408 e. The van der Waals surface area contributed by atoms with E-state index in [1.54, 1.807) is 20.8 Å². The van der Waals surface area contributed by atoms with Crippen LogP contribution in [0.4, 0.5) is 9.18 Å². The second-order valence-electron chi connectivity index (χ2n) is 6.24. The second kappa shape index (κ2) is 6.87. The van der Waals surface area contributed by atoms with Crippen molar-refractivity contribution in [3.63, 3.8) is 0 Å². The number of carbonyl (C=O) groups is 2. The van der Waals surface area contributed by atoms with Gasteiger partial charge in [-0.25, -0.2) is 9.18 Å². The van der Waals surface area contributed by atoms with E-state index in [1.165, 1.54) is 0 Å². The molecule has 1 amide bonds. The maximum atomic E-state index is 13.0. The standard InChI is InChI=1S/C14H24FNO3/c1-14(2,3)19-13(18)16-12(9-17)8-10-4-6-11(15)7-5-10/h9-12H,4-8H2,1-3H3,(H,16,18)/t10?,11?,12-/m0/s1. The Kier molecular flexibility index (Phi) is 5.76. The summed E-state index contributed by atoms with van der Waals surface area (Å²) in [5, 5.41) is 2.56. The van der Waals surface area contributed by atoms with Gasteiger partial charge >= 0.3 is 6.09 Å². The van der Waals surface area contributed by atoms with E-state index in [2.05, 4.69) is 5.32 Å². The van der Waals surface area contributed by atoms with Crippen molar-refractivity contribution in [2.24, 2.45) is 5.92 Å². The highest BCUT2D eigenvalue weighted by Crippen LogP contribution is 2.29. The van der Waals surface area contributed by atoms with Crippen molar-refractivity contribution in [2.45, 2.75) is 70.7 Å². The first-order valence-corrected chi connectivity index (χ1v) is 6.89. The number of aldehydes is 1. The van der Waals surface area contributed by atoms with E-state index >= 15 is 0 Å². The maximum absolute atomic E-state index is 13.0. The lowest BCUT2D eigenvalue weighted by Gasteiger charge is -2.27. The molecule has 0 aromatic carbocycles. The molecular formula is C14H24FNO3. The van der Waals surface area contributed by atoms with Crippen molar-refractivity contribution in [3.8, 4) is 0 Å². The average molecular weight is 273 g/mol. The quantitative estimate of drug-likeness (QED) is 0.801. The van der Waals surface area contributed by atoms with E-state index in [4.69, 9.17) is 4.74 Å². The van der Waals surface area contributed by atoms with Gasteiger partial charge in [0.15, 0.2) is 0 Å². The number of hydrogen-bond acceptors (Lipinski definition) is 3. The lowest BCUT2D eigenvalue weighted by Crippen LogP contribution is -2.41. The Morgan fingerprint density at radius 3 is 2.42 bits per heavy atom. The van der Waals surface area contributed by atoms with Crippen LogP contribution in [0.5, 0.6) is 0 Å². The minimum Gasteiger partial charge on any atom is -0.444 e. The summed E-state index contributed by atoms with van der Waals surface area (Å²) < 4.78 is 18.1. The van der Waals surface area contributed by atoms with Gasteiger partial charge < -0.3 is 14.8 Å². The molecule has 19 heavy (non-hydrogen) atoms. The molecule has 1 N–H and O–H groups in total. The average Bonchev–Trinajstić information content (AvgIpc) is 2.28. The normalized spacial score (nSPS) is 25.5. The highest BCUT2D eigenvalue weighted by atomic mass is 19.1. The summed E-state index contributed by atoms with van der Waals surface area (Å²) >= 11 is 0. The molecule has 0 unspecified atom stereocenters. The summed E-state index contributed by atoms with van der Waals surface area (Å²) in [5.74, 6) is 0.303. The molecule has 4 nitrogen and oxygen atoms in total. The van der Waals surface area contributed by atoms with Gasteiger partial charge in [0.2, 0.25) is 0 Å². The second-order valence-corrected chi connectivity index (χ2v) is 6.24. The molecule has 0 aliphatic heterocycles. The fourth-order valence-corrected chi connectivity index (χ4v) is 2.32. The smallest absolute Gasteiger partial charge is 0.408 e. The Bertz CT molecular complexity index is 306. The van der Waals surface area contributed by atoms with Crippen molar-refractivity contribution >= 4 is 12.4 Å². The summed E-state index contributed by atoms with van der Waals surface area (Å²) in [6, 6.07) is -0.545. The first-order chi connectivity index (χ1) is 8.80. The number of ether oxygens (including phenoxy) is 1. The fourth-order valence-electron chi connectivity index (χ4n) is 2.32. The largest absolute Gasteiger partial charge is 0.444 e. The summed E-state index contributed by atoms with van der Waals surface area (Å²) in [4.78, 5) is 22.6. The van der Waals surface area contributed by atoms with E-state index in [-0.39, 0.29) is 0 Å². The minimum absolute atomic E-state index is 0.303. The zero-order chi connectivity index (χ0) is 14.5. The van der Waals surface area contributed by atoms with Gasteiger partial charge in [0.25, 0.3) is 0 Å². The van der Waals surface area contributed by atoms with Gasteiger partial charge in [-0.15, -0.1) is 0 Å². The van der Waals surface area contributed by atoms with Crippen LogP contribution in [0.1, 0.15) is 52.9 Å². The SMILES string of the molecule is CC(C)(C)OC(=O)N[C@H](C=O)CC1CCC(F)CC1. The number of hydrogen-bond donors (Lipinski definition) is 1. The van der Waals surface area contributed by atoms with Gasteiger partial charge in [-0.3, -0.25) is 0 Å². The summed E-state index contributed by atoms with van der Waals surface area (Å²) in [5.41, 5.74) is -0.580. The van der Waals surface area contributed by atoms with Crippen LogP contribution < -0.4 is 5.32 Å². The molecule has 1 atom stereocenters. The van der Waals surface area contributed by atoms with Crippen molar-refractivity contribution < 1.29 is 18.7 Å². The number of rotatable bonds is 4. The van der Waals surface area contributed by atoms with E-state index in [9.17, 15) is 14.0 Å². The van der Waals surface area contributed by atoms with Gasteiger partial charge in [0.05, 0.1) is 6.04 Å². The number of nitrogens with one attached hydrogen (secondary N) is 1. The predicted octanol–water partition coefficient (Wildman–Crippen LogP) is 3.00. The van der Waals surface area contributed by atoms with Gasteiger partial charge in [-0.2, -0.15) is 0 Å². The van der Waals surface area contributed by atoms with Gasteiger partial charge in [-0.05, 0) is 58.8 Å². The molecule has 0 saturated heterocycles. The van der Waals surface area contributed by atoms with E-state index in [1.807, 2.05) is 0 Å². The van der Waals surface area contributed by atoms with E-state index < -0.39 is 23.9 Å². The molecule has 1 aliphatic rings. The lowest BCUT2D eigenvalue weighted by atomic mass is 9.84. The van der Waals surface area contributed by atoms with Crippen LogP contribution in [0, 0.1) is 5.92 Å². The molecule has 0 aromatic heterocycles. The number of halogens is 1. The Balaban J connectivity index is 2.37. The summed E-state index contributed by atoms with van der Waals surface area (Å²) in [6.45, 7) is 5.31. The van der Waals surface area contributed by atoms with Crippen LogP contribution in [0.2, 0.25) is 0 Å². The van der Waals surface area contributed by atoms with Gasteiger partial charge in [0, 0.05) is 0 Å². The zero-order valence-electron chi connectivity index (χ0n) is 11.9. The molecule has 0 radical (unpaired) electrons. The minimum atomic E-state index is -0.704. The first kappa shape index (κ1) is 15.9. The molecule has 0 aromatic rings. The Morgan fingerprint density at radius 2 is 1.95 bits per heavy atom. The lowest BCUT2D eigenvalue weighted by molar-refractivity contribution is -0.110. The third-order valence-corrected chi connectivity index (χ3v) is 3.23. The summed E-state index contributed by atoms with van der Waals surface area (Å²) in [6.07, 6.45) is 2.68. The number of alkyl halides is 1. The molecule has 5 heteroatoms. The van der Waals surface area contributed by atoms with Crippen LogP contribution in [0.3, 0.4) is 0 Å². The van der Waals surface area contributed by atoms with Gasteiger partial charge in [-0.1, -0.05) is 0 Å².